The second-order valence-corrected chi connectivity index (χ2v) is 5.88. The van der Waals surface area contributed by atoms with Crippen LogP contribution in [0.3, 0.4) is 0 Å². The molecule has 132 valence electrons. The molecule has 26 heavy (non-hydrogen) atoms. The zero-order valence-corrected chi connectivity index (χ0v) is 14.0. The van der Waals surface area contributed by atoms with E-state index in [0.29, 0.717) is 35.0 Å². The summed E-state index contributed by atoms with van der Waals surface area (Å²) in [6.45, 7) is 2.27. The Balaban J connectivity index is 1.50. The van der Waals surface area contributed by atoms with E-state index in [9.17, 15) is 9.18 Å². The number of benzene rings is 2. The van der Waals surface area contributed by atoms with Crippen molar-refractivity contribution in [2.75, 3.05) is 6.79 Å². The summed E-state index contributed by atoms with van der Waals surface area (Å²) in [5.74, 6) is 0.691. The van der Waals surface area contributed by atoms with Gasteiger partial charge in [0, 0.05) is 6.54 Å². The molecule has 0 aliphatic carbocycles. The molecule has 3 aromatic rings. The molecule has 1 amide bonds. The number of amides is 1. The molecule has 0 atom stereocenters. The first-order chi connectivity index (χ1) is 12.6. The van der Waals surface area contributed by atoms with E-state index >= 15 is 0 Å². The third-order valence-corrected chi connectivity index (χ3v) is 4.23. The minimum Gasteiger partial charge on any atom is -0.454 e. The van der Waals surface area contributed by atoms with Gasteiger partial charge in [0.05, 0.1) is 17.5 Å². The van der Waals surface area contributed by atoms with Crippen LogP contribution in [0, 0.1) is 12.7 Å². The maximum absolute atomic E-state index is 14.0. The Bertz CT molecular complexity index is 984. The summed E-state index contributed by atoms with van der Waals surface area (Å²) in [6, 6.07) is 11.8. The Morgan fingerprint density at radius 2 is 2.04 bits per heavy atom. The zero-order chi connectivity index (χ0) is 18.1. The van der Waals surface area contributed by atoms with E-state index in [0.717, 1.165) is 5.56 Å². The van der Waals surface area contributed by atoms with Crippen LogP contribution in [0.2, 0.25) is 0 Å². The molecule has 2 heterocycles. The molecule has 0 saturated carbocycles. The molecule has 0 unspecified atom stereocenters. The Morgan fingerprint density at radius 3 is 2.88 bits per heavy atom. The number of aromatic nitrogens is 2. The van der Waals surface area contributed by atoms with E-state index in [1.54, 1.807) is 25.1 Å². The highest BCUT2D eigenvalue weighted by Gasteiger charge is 2.17. The Hall–Kier alpha value is -3.35. The van der Waals surface area contributed by atoms with E-state index in [1.165, 1.54) is 16.9 Å². The fraction of sp³-hybridized carbons (Fsp3) is 0.158. The molecule has 2 aromatic carbocycles. The number of para-hydroxylation sites is 1. The molecule has 4 rings (SSSR count). The van der Waals surface area contributed by atoms with Crippen LogP contribution >= 0.6 is 0 Å². The maximum Gasteiger partial charge on any atom is 0.255 e. The number of halogens is 1. The van der Waals surface area contributed by atoms with Crippen molar-refractivity contribution in [2.24, 2.45) is 0 Å². The molecule has 1 aliphatic heterocycles. The minimum atomic E-state index is -0.397. The van der Waals surface area contributed by atoms with Crippen LogP contribution in [0.1, 0.15) is 21.6 Å². The van der Waals surface area contributed by atoms with Crippen molar-refractivity contribution in [3.63, 3.8) is 0 Å². The van der Waals surface area contributed by atoms with Crippen molar-refractivity contribution in [3.8, 4) is 17.2 Å². The highest BCUT2D eigenvalue weighted by atomic mass is 19.1. The van der Waals surface area contributed by atoms with Crippen molar-refractivity contribution in [2.45, 2.75) is 13.5 Å². The average Bonchev–Trinajstić information content (AvgIpc) is 3.26. The van der Waals surface area contributed by atoms with Gasteiger partial charge in [-0.3, -0.25) is 4.79 Å². The number of rotatable bonds is 4. The monoisotopic (exact) mass is 353 g/mol. The molecular weight excluding hydrogens is 337 g/mol. The van der Waals surface area contributed by atoms with Gasteiger partial charge in [-0.1, -0.05) is 18.2 Å². The molecule has 7 heteroatoms. The summed E-state index contributed by atoms with van der Waals surface area (Å²) in [4.78, 5) is 12.5. The van der Waals surface area contributed by atoms with Crippen LogP contribution in [-0.2, 0) is 6.54 Å². The number of fused-ring (bicyclic) bond motifs is 1. The third kappa shape index (κ3) is 2.88. The van der Waals surface area contributed by atoms with Crippen LogP contribution in [0.25, 0.3) is 5.69 Å². The quantitative estimate of drug-likeness (QED) is 0.783. The standard InChI is InChI=1S/C19H16FN3O3/c1-12-14(10-22-23(12)16-5-3-2-4-15(16)20)19(24)21-9-13-6-7-17-18(8-13)26-11-25-17/h2-8,10H,9,11H2,1H3,(H,21,24). The van der Waals surface area contributed by atoms with Gasteiger partial charge in [0.25, 0.3) is 5.91 Å². The molecular formula is C19H16FN3O3. The Morgan fingerprint density at radius 1 is 1.23 bits per heavy atom. The largest absolute Gasteiger partial charge is 0.454 e. The Labute approximate surface area is 149 Å². The molecule has 1 aromatic heterocycles. The van der Waals surface area contributed by atoms with Gasteiger partial charge in [0.15, 0.2) is 11.5 Å². The van der Waals surface area contributed by atoms with Gasteiger partial charge in [-0.2, -0.15) is 5.10 Å². The first-order valence-corrected chi connectivity index (χ1v) is 8.10. The van der Waals surface area contributed by atoms with Crippen LogP contribution in [0.15, 0.2) is 48.7 Å². The summed E-state index contributed by atoms with van der Waals surface area (Å²) >= 11 is 0. The number of nitrogens with one attached hydrogen (secondary N) is 1. The number of hydrogen-bond donors (Lipinski definition) is 1. The van der Waals surface area contributed by atoms with Gasteiger partial charge in [-0.25, -0.2) is 9.07 Å². The van der Waals surface area contributed by atoms with E-state index in [4.69, 9.17) is 9.47 Å². The molecule has 0 fully saturated rings. The highest BCUT2D eigenvalue weighted by Crippen LogP contribution is 2.32. The minimum absolute atomic E-state index is 0.208. The predicted octanol–water partition coefficient (Wildman–Crippen LogP) is 2.98. The van der Waals surface area contributed by atoms with E-state index < -0.39 is 5.82 Å². The van der Waals surface area contributed by atoms with Crippen molar-refractivity contribution in [1.82, 2.24) is 15.1 Å². The van der Waals surface area contributed by atoms with E-state index in [1.807, 2.05) is 18.2 Å². The van der Waals surface area contributed by atoms with Crippen LogP contribution in [0.5, 0.6) is 11.5 Å². The summed E-state index contributed by atoms with van der Waals surface area (Å²) in [5, 5.41) is 6.99. The van der Waals surface area contributed by atoms with Crippen molar-refractivity contribution >= 4 is 5.91 Å². The molecule has 6 nitrogen and oxygen atoms in total. The number of nitrogens with zero attached hydrogens (tertiary/aromatic N) is 2. The lowest BCUT2D eigenvalue weighted by Gasteiger charge is -2.08. The lowest BCUT2D eigenvalue weighted by Crippen LogP contribution is -2.23. The molecule has 0 saturated heterocycles. The molecule has 1 N–H and O–H groups in total. The van der Waals surface area contributed by atoms with Gasteiger partial charge in [-0.05, 0) is 36.8 Å². The van der Waals surface area contributed by atoms with Gasteiger partial charge in [0.1, 0.15) is 11.5 Å². The first kappa shape index (κ1) is 16.1. The average molecular weight is 353 g/mol. The van der Waals surface area contributed by atoms with Crippen LogP contribution in [-0.4, -0.2) is 22.5 Å². The summed E-state index contributed by atoms with van der Waals surface area (Å²) < 4.78 is 26.0. The SMILES string of the molecule is Cc1c(C(=O)NCc2ccc3c(c2)OCO3)cnn1-c1ccccc1F. The van der Waals surface area contributed by atoms with Crippen LogP contribution < -0.4 is 14.8 Å². The zero-order valence-electron chi connectivity index (χ0n) is 14.0. The molecule has 0 radical (unpaired) electrons. The fourth-order valence-electron chi connectivity index (χ4n) is 2.83. The second kappa shape index (κ2) is 6.51. The number of hydrogen-bond acceptors (Lipinski definition) is 4. The van der Waals surface area contributed by atoms with Gasteiger partial charge >= 0.3 is 0 Å². The van der Waals surface area contributed by atoms with E-state index in [2.05, 4.69) is 10.4 Å². The fourth-order valence-corrected chi connectivity index (χ4v) is 2.83. The van der Waals surface area contributed by atoms with Gasteiger partial charge < -0.3 is 14.8 Å². The normalized spacial score (nSPS) is 12.2. The van der Waals surface area contributed by atoms with E-state index in [-0.39, 0.29) is 12.7 Å². The van der Waals surface area contributed by atoms with Crippen LogP contribution in [0.4, 0.5) is 4.39 Å². The summed E-state index contributed by atoms with van der Waals surface area (Å²) in [6.07, 6.45) is 1.44. The summed E-state index contributed by atoms with van der Waals surface area (Å²) in [5.41, 5.74) is 2.16. The third-order valence-electron chi connectivity index (χ3n) is 4.23. The Kier molecular flexibility index (Phi) is 4.04. The second-order valence-electron chi connectivity index (χ2n) is 5.88. The van der Waals surface area contributed by atoms with Crippen molar-refractivity contribution in [1.29, 1.82) is 0 Å². The molecule has 1 aliphatic rings. The topological polar surface area (TPSA) is 65.4 Å². The van der Waals surface area contributed by atoms with Gasteiger partial charge in [0.2, 0.25) is 6.79 Å². The lowest BCUT2D eigenvalue weighted by molar-refractivity contribution is 0.0950. The maximum atomic E-state index is 14.0. The smallest absolute Gasteiger partial charge is 0.255 e. The number of carbonyl (C=O) groups excluding carboxylic acids is 1. The predicted molar refractivity (Wildman–Crippen MR) is 92.0 cm³/mol. The number of carbonyl (C=O) groups is 1. The van der Waals surface area contributed by atoms with Gasteiger partial charge in [-0.15, -0.1) is 0 Å². The highest BCUT2D eigenvalue weighted by molar-refractivity contribution is 5.95. The van der Waals surface area contributed by atoms with Crippen molar-refractivity contribution < 1.29 is 18.7 Å². The first-order valence-electron chi connectivity index (χ1n) is 8.10. The molecule has 0 spiro atoms. The lowest BCUT2D eigenvalue weighted by atomic mass is 10.2. The van der Waals surface area contributed by atoms with Crippen molar-refractivity contribution in [3.05, 3.63) is 71.3 Å². The molecule has 0 bridgehead atoms. The summed E-state index contributed by atoms with van der Waals surface area (Å²) in [7, 11) is 0. The number of ether oxygens (including phenoxy) is 2.